The topological polar surface area (TPSA) is 179 Å². The van der Waals surface area contributed by atoms with Crippen molar-refractivity contribution in [2.45, 2.75) is 147 Å². The Morgan fingerprint density at radius 3 is 2.27 bits per heavy atom. The average molecular weight is 795 g/mol. The second-order valence-electron chi connectivity index (χ2n) is 14.7. The zero-order valence-corrected chi connectivity index (χ0v) is 34.4. The zero-order chi connectivity index (χ0) is 39.9. The van der Waals surface area contributed by atoms with E-state index in [2.05, 4.69) is 29.1 Å². The Balaban J connectivity index is 1.15. The number of nitrogens with zero attached hydrogens (tertiary/aromatic N) is 5. The molecule has 1 aliphatic rings. The van der Waals surface area contributed by atoms with Gasteiger partial charge in [-0.15, -0.1) is 0 Å². The van der Waals surface area contributed by atoms with Crippen molar-refractivity contribution in [3.63, 3.8) is 0 Å². The van der Waals surface area contributed by atoms with E-state index >= 15 is 0 Å². The van der Waals surface area contributed by atoms with Crippen LogP contribution in [0.4, 0.5) is 5.82 Å². The number of nitrogen functional groups attached to an aromatic ring is 1. The van der Waals surface area contributed by atoms with E-state index in [1.54, 1.807) is 16.6 Å². The largest absolute Gasteiger partial charge is 0.495 e. The highest BCUT2D eigenvalue weighted by Gasteiger charge is 2.43. The van der Waals surface area contributed by atoms with Gasteiger partial charge in [0, 0.05) is 6.61 Å². The minimum absolute atomic E-state index is 0.00271. The number of fused-ring (bicyclic) bond motifs is 1. The summed E-state index contributed by atoms with van der Waals surface area (Å²) in [6.07, 6.45) is 22.4. The Kier molecular flexibility index (Phi) is 20.9. The summed E-state index contributed by atoms with van der Waals surface area (Å²) in [6.45, 7) is 3.16. The monoisotopic (exact) mass is 794 g/mol. The molecule has 13 nitrogen and oxygen atoms in total. The zero-order valence-electron chi connectivity index (χ0n) is 33.5. The van der Waals surface area contributed by atoms with Gasteiger partial charge in [-0.1, -0.05) is 109 Å². The highest BCUT2D eigenvalue weighted by atomic mass is 31.2. The number of rotatable bonds is 30. The Hall–Kier alpha value is -3.39. The summed E-state index contributed by atoms with van der Waals surface area (Å²) >= 11 is 0. The van der Waals surface area contributed by atoms with Crippen molar-refractivity contribution in [1.82, 2.24) is 14.6 Å². The van der Waals surface area contributed by atoms with Gasteiger partial charge in [-0.2, -0.15) is 15.6 Å². The maximum atomic E-state index is 10.7. The molecule has 0 spiro atoms. The lowest BCUT2D eigenvalue weighted by atomic mass is 10.0. The molecule has 4 rings (SSSR count). The fourth-order valence-corrected chi connectivity index (χ4v) is 7.69. The van der Waals surface area contributed by atoms with E-state index in [1.807, 2.05) is 18.2 Å². The number of nitriles is 2. The number of anilines is 1. The first-order valence-electron chi connectivity index (χ1n) is 20.6. The Morgan fingerprint density at radius 1 is 0.946 bits per heavy atom. The predicted molar refractivity (Wildman–Crippen MR) is 216 cm³/mol. The molecule has 2 aromatic heterocycles. The lowest BCUT2D eigenvalue weighted by Gasteiger charge is -2.24. The third-order valence-corrected chi connectivity index (χ3v) is 11.0. The van der Waals surface area contributed by atoms with Crippen molar-refractivity contribution >= 4 is 19.9 Å². The standard InChI is InChI=1S/C42H63N6O7P/c1-3-4-5-6-7-8-9-10-11-12-13-14-15-16-17-18-25-51-29-36(52-28-34-19-22-39(50-2)35(26-34)27-43)30-53-56(49)54-32-42(31-44)24-23-40(55-42)37-20-21-38-41(45)46-33-47-48(37)38/h19-22,26,33,36,40,49H,3-18,23-25,28-30,32H2,1-2H3,(H2,45,46,47). The Bertz CT molecular complexity index is 1650. The molecule has 3 aromatic rings. The first kappa shape index (κ1) is 45.3. The van der Waals surface area contributed by atoms with Crippen LogP contribution < -0.4 is 10.5 Å². The van der Waals surface area contributed by atoms with Crippen molar-refractivity contribution in [3.05, 3.63) is 53.5 Å². The molecule has 1 aromatic carbocycles. The molecule has 3 N–H and O–H groups in total. The number of benzene rings is 1. The van der Waals surface area contributed by atoms with E-state index < -0.39 is 26.4 Å². The quantitative estimate of drug-likeness (QED) is 0.0483. The van der Waals surface area contributed by atoms with Gasteiger partial charge in [0.05, 0.1) is 44.8 Å². The first-order valence-corrected chi connectivity index (χ1v) is 21.7. The molecule has 56 heavy (non-hydrogen) atoms. The summed E-state index contributed by atoms with van der Waals surface area (Å²) in [6, 6.07) is 13.4. The first-order chi connectivity index (χ1) is 27.4. The van der Waals surface area contributed by atoms with E-state index in [9.17, 15) is 15.4 Å². The van der Waals surface area contributed by atoms with Gasteiger partial charge in [0.1, 0.15) is 41.9 Å². The molecule has 14 heteroatoms. The Labute approximate surface area is 334 Å². The fourth-order valence-electron chi connectivity index (χ4n) is 7.00. The number of hydrogen-bond donors (Lipinski definition) is 2. The summed E-state index contributed by atoms with van der Waals surface area (Å²) in [7, 11) is -0.822. The van der Waals surface area contributed by atoms with Crippen molar-refractivity contribution < 1.29 is 32.9 Å². The van der Waals surface area contributed by atoms with Gasteiger partial charge in [-0.25, -0.2) is 9.50 Å². The molecule has 4 atom stereocenters. The summed E-state index contributed by atoms with van der Waals surface area (Å²) in [5, 5.41) is 23.9. The maximum absolute atomic E-state index is 10.7. The summed E-state index contributed by atoms with van der Waals surface area (Å²) in [5.41, 5.74) is 7.34. The van der Waals surface area contributed by atoms with Crippen LogP contribution >= 0.6 is 8.60 Å². The van der Waals surface area contributed by atoms with Crippen LogP contribution in [0.25, 0.3) is 5.52 Å². The third-order valence-electron chi connectivity index (χ3n) is 10.3. The minimum atomic E-state index is -2.35. The van der Waals surface area contributed by atoms with Crippen molar-refractivity contribution in [1.29, 1.82) is 10.5 Å². The SMILES string of the molecule is CCCCCCCCCCCCCCCCCCOCC(COP(O)OCC1(C#N)CCC(c2ccc3c(N)ncnn23)O1)OCc1ccc(OC)c(C#N)c1. The normalized spacial score (nSPS) is 17.8. The molecule has 0 amide bonds. The van der Waals surface area contributed by atoms with Crippen LogP contribution in [0.5, 0.6) is 5.75 Å². The van der Waals surface area contributed by atoms with E-state index in [0.29, 0.717) is 42.1 Å². The predicted octanol–water partition coefficient (Wildman–Crippen LogP) is 9.42. The number of methoxy groups -OCH3 is 1. The lowest BCUT2D eigenvalue weighted by molar-refractivity contribution is -0.0539. The molecule has 3 heterocycles. The molecule has 0 bridgehead atoms. The molecule has 308 valence electrons. The molecule has 0 aliphatic carbocycles. The molecule has 0 saturated carbocycles. The summed E-state index contributed by atoms with van der Waals surface area (Å²) in [5.74, 6) is 0.848. The van der Waals surface area contributed by atoms with Gasteiger partial charge in [0.25, 0.3) is 0 Å². The Morgan fingerprint density at radius 2 is 1.62 bits per heavy atom. The average Bonchev–Trinajstić information content (AvgIpc) is 3.86. The van der Waals surface area contributed by atoms with Gasteiger partial charge in [0.2, 0.25) is 0 Å². The number of hydrogen-bond acceptors (Lipinski definition) is 12. The lowest BCUT2D eigenvalue weighted by Crippen LogP contribution is -2.32. The van der Waals surface area contributed by atoms with Crippen LogP contribution in [-0.4, -0.2) is 64.7 Å². The second kappa shape index (κ2) is 25.8. The van der Waals surface area contributed by atoms with Gasteiger partial charge in [0.15, 0.2) is 11.4 Å². The van der Waals surface area contributed by atoms with Crippen molar-refractivity contribution in [3.8, 4) is 17.9 Å². The molecule has 4 unspecified atom stereocenters. The van der Waals surface area contributed by atoms with Crippen LogP contribution in [0.15, 0.2) is 36.7 Å². The molecular formula is C42H63N6O7P. The van der Waals surface area contributed by atoms with Gasteiger partial charge in [-0.3, -0.25) is 0 Å². The molecular weight excluding hydrogens is 731 g/mol. The third kappa shape index (κ3) is 15.2. The fraction of sp³-hybridized carbons (Fsp3) is 0.667. The van der Waals surface area contributed by atoms with Gasteiger partial charge >= 0.3 is 8.60 Å². The van der Waals surface area contributed by atoms with Crippen LogP contribution in [0.2, 0.25) is 0 Å². The maximum Gasteiger partial charge on any atom is 0.330 e. The minimum Gasteiger partial charge on any atom is -0.495 e. The van der Waals surface area contributed by atoms with Gasteiger partial charge < -0.3 is 38.6 Å². The van der Waals surface area contributed by atoms with Crippen molar-refractivity contribution in [2.75, 3.05) is 39.3 Å². The van der Waals surface area contributed by atoms with Crippen molar-refractivity contribution in [2.24, 2.45) is 0 Å². The molecule has 1 aliphatic heterocycles. The smallest absolute Gasteiger partial charge is 0.330 e. The summed E-state index contributed by atoms with van der Waals surface area (Å²) in [4.78, 5) is 14.7. The number of unbranched alkanes of at least 4 members (excludes halogenated alkanes) is 15. The molecule has 1 saturated heterocycles. The van der Waals surface area contributed by atoms with Gasteiger partial charge in [-0.05, 0) is 49.1 Å². The number of nitrogens with two attached hydrogens (primary N) is 1. The summed E-state index contributed by atoms with van der Waals surface area (Å²) < 4.78 is 36.6. The van der Waals surface area contributed by atoms with Crippen LogP contribution in [0.3, 0.4) is 0 Å². The van der Waals surface area contributed by atoms with E-state index in [4.69, 9.17) is 33.7 Å². The highest BCUT2D eigenvalue weighted by Crippen LogP contribution is 2.43. The molecule has 0 radical (unpaired) electrons. The number of ether oxygens (including phenoxy) is 4. The van der Waals surface area contributed by atoms with Crippen LogP contribution in [0, 0.1) is 22.7 Å². The van der Waals surface area contributed by atoms with Crippen LogP contribution in [0.1, 0.15) is 145 Å². The molecule has 1 fully saturated rings. The van der Waals surface area contributed by atoms with E-state index in [-0.39, 0.29) is 26.4 Å². The van der Waals surface area contributed by atoms with E-state index in [1.165, 1.54) is 103 Å². The van der Waals surface area contributed by atoms with E-state index in [0.717, 1.165) is 24.1 Å². The van der Waals surface area contributed by atoms with Crippen LogP contribution in [-0.2, 0) is 29.9 Å². The number of aromatic nitrogens is 3. The second-order valence-corrected chi connectivity index (χ2v) is 15.7. The highest BCUT2D eigenvalue weighted by molar-refractivity contribution is 7.40.